The number of hydrogen-bond donors (Lipinski definition) is 1. The van der Waals surface area contributed by atoms with E-state index in [0.29, 0.717) is 19.7 Å². The highest BCUT2D eigenvalue weighted by Gasteiger charge is 2.21. The zero-order valence-electron chi connectivity index (χ0n) is 11.9. The zero-order chi connectivity index (χ0) is 14.5. The Hall–Kier alpha value is -1.83. The Morgan fingerprint density at radius 2 is 2.10 bits per heavy atom. The molecule has 0 saturated carbocycles. The number of morpholine rings is 1. The van der Waals surface area contributed by atoms with E-state index in [9.17, 15) is 0 Å². The molecule has 1 atom stereocenters. The van der Waals surface area contributed by atoms with Crippen LogP contribution in [0.25, 0.3) is 0 Å². The lowest BCUT2D eigenvalue weighted by atomic mass is 10.2. The monoisotopic (exact) mass is 288 g/mol. The summed E-state index contributed by atoms with van der Waals surface area (Å²) in [6.45, 7) is 4.38. The van der Waals surface area contributed by atoms with E-state index in [4.69, 9.17) is 10.5 Å². The van der Waals surface area contributed by atoms with Crippen molar-refractivity contribution in [3.63, 3.8) is 0 Å². The summed E-state index contributed by atoms with van der Waals surface area (Å²) in [5, 5.41) is 12.0. The number of nitrogens with two attached hydrogens (primary N) is 1. The molecule has 1 aromatic carbocycles. The molecule has 2 aromatic rings. The smallest absolute Gasteiger partial charge is 0.165 e. The van der Waals surface area contributed by atoms with Crippen molar-refractivity contribution in [2.45, 2.75) is 19.2 Å². The van der Waals surface area contributed by atoms with Gasteiger partial charge in [-0.1, -0.05) is 30.3 Å². The maximum Gasteiger partial charge on any atom is 0.165 e. The number of tetrazole rings is 1. The second-order valence-electron chi connectivity index (χ2n) is 5.20. The lowest BCUT2D eigenvalue weighted by Gasteiger charge is -2.31. The maximum atomic E-state index is 5.67. The van der Waals surface area contributed by atoms with E-state index in [1.165, 1.54) is 5.56 Å². The van der Waals surface area contributed by atoms with Gasteiger partial charge < -0.3 is 10.5 Å². The van der Waals surface area contributed by atoms with E-state index in [1.807, 2.05) is 22.9 Å². The molecule has 7 nitrogen and oxygen atoms in total. The van der Waals surface area contributed by atoms with Crippen molar-refractivity contribution in [1.29, 1.82) is 0 Å². The summed E-state index contributed by atoms with van der Waals surface area (Å²) in [7, 11) is 0. The first-order valence-electron chi connectivity index (χ1n) is 7.18. The molecule has 1 aliphatic heterocycles. The molecule has 0 bridgehead atoms. The van der Waals surface area contributed by atoms with E-state index >= 15 is 0 Å². The number of benzene rings is 1. The molecule has 3 rings (SSSR count). The quantitative estimate of drug-likeness (QED) is 0.826. The van der Waals surface area contributed by atoms with Gasteiger partial charge in [0.2, 0.25) is 0 Å². The molecule has 2 N–H and O–H groups in total. The van der Waals surface area contributed by atoms with Crippen molar-refractivity contribution in [1.82, 2.24) is 25.1 Å². The lowest BCUT2D eigenvalue weighted by molar-refractivity contribution is -0.0271. The number of ether oxygens (including phenoxy) is 1. The van der Waals surface area contributed by atoms with Gasteiger partial charge >= 0.3 is 0 Å². The average molecular weight is 288 g/mol. The summed E-state index contributed by atoms with van der Waals surface area (Å²) >= 11 is 0. The first-order valence-corrected chi connectivity index (χ1v) is 7.18. The van der Waals surface area contributed by atoms with E-state index in [2.05, 4.69) is 32.6 Å². The molecular formula is C14H20N6O. The topological polar surface area (TPSA) is 82.1 Å². The van der Waals surface area contributed by atoms with Gasteiger partial charge in [0.25, 0.3) is 0 Å². The first-order chi connectivity index (χ1) is 10.3. The molecule has 1 saturated heterocycles. The third-order valence-corrected chi connectivity index (χ3v) is 3.63. The van der Waals surface area contributed by atoms with Crippen LogP contribution >= 0.6 is 0 Å². The first kappa shape index (κ1) is 14.1. The fraction of sp³-hybridized carbons (Fsp3) is 0.500. The van der Waals surface area contributed by atoms with Crippen molar-refractivity contribution in [3.8, 4) is 0 Å². The Morgan fingerprint density at radius 3 is 2.90 bits per heavy atom. The Kier molecular flexibility index (Phi) is 4.54. The molecule has 0 radical (unpaired) electrons. The normalized spacial score (nSPS) is 19.8. The Morgan fingerprint density at radius 1 is 1.24 bits per heavy atom. The second-order valence-corrected chi connectivity index (χ2v) is 5.20. The van der Waals surface area contributed by atoms with Crippen molar-refractivity contribution in [2.75, 3.05) is 26.2 Å². The van der Waals surface area contributed by atoms with E-state index in [1.54, 1.807) is 0 Å². The van der Waals surface area contributed by atoms with Gasteiger partial charge in [-0.25, -0.2) is 4.68 Å². The van der Waals surface area contributed by atoms with Crippen molar-refractivity contribution in [3.05, 3.63) is 41.7 Å². The molecule has 1 fully saturated rings. The number of aromatic nitrogens is 4. The van der Waals surface area contributed by atoms with Crippen LogP contribution in [0.2, 0.25) is 0 Å². The van der Waals surface area contributed by atoms with Gasteiger partial charge in [-0.05, 0) is 16.0 Å². The highest BCUT2D eigenvalue weighted by atomic mass is 16.5. The molecule has 1 unspecified atom stereocenters. The van der Waals surface area contributed by atoms with E-state index in [-0.39, 0.29) is 6.10 Å². The summed E-state index contributed by atoms with van der Waals surface area (Å²) < 4.78 is 7.43. The number of hydrogen-bond acceptors (Lipinski definition) is 6. The highest BCUT2D eigenvalue weighted by Crippen LogP contribution is 2.09. The minimum Gasteiger partial charge on any atom is -0.374 e. The van der Waals surface area contributed by atoms with Crippen molar-refractivity contribution >= 4 is 0 Å². The van der Waals surface area contributed by atoms with Crippen LogP contribution in [-0.4, -0.2) is 57.5 Å². The molecular weight excluding hydrogens is 268 g/mol. The number of nitrogens with zero attached hydrogens (tertiary/aromatic N) is 5. The van der Waals surface area contributed by atoms with Gasteiger partial charge in [-0.3, -0.25) is 4.90 Å². The number of rotatable bonds is 5. The fourth-order valence-corrected chi connectivity index (χ4v) is 2.48. The highest BCUT2D eigenvalue weighted by molar-refractivity contribution is 5.14. The van der Waals surface area contributed by atoms with Crippen LogP contribution in [0.3, 0.4) is 0 Å². The minimum absolute atomic E-state index is 0.109. The SMILES string of the molecule is NCC1CN(Cc2nnnn2Cc2ccccc2)CCO1. The van der Waals surface area contributed by atoms with Gasteiger partial charge in [0.05, 0.1) is 25.8 Å². The van der Waals surface area contributed by atoms with Gasteiger partial charge in [0.1, 0.15) is 0 Å². The van der Waals surface area contributed by atoms with Crippen LogP contribution in [0.4, 0.5) is 0 Å². The van der Waals surface area contributed by atoms with Crippen LogP contribution < -0.4 is 5.73 Å². The van der Waals surface area contributed by atoms with Gasteiger partial charge in [0.15, 0.2) is 5.82 Å². The zero-order valence-corrected chi connectivity index (χ0v) is 11.9. The summed E-state index contributed by atoms with van der Waals surface area (Å²) in [5.41, 5.74) is 6.86. The summed E-state index contributed by atoms with van der Waals surface area (Å²) in [4.78, 5) is 2.29. The van der Waals surface area contributed by atoms with Crippen LogP contribution in [0, 0.1) is 0 Å². The molecule has 112 valence electrons. The van der Waals surface area contributed by atoms with E-state index in [0.717, 1.165) is 25.5 Å². The van der Waals surface area contributed by atoms with Crippen LogP contribution in [-0.2, 0) is 17.8 Å². The maximum absolute atomic E-state index is 5.67. The van der Waals surface area contributed by atoms with Gasteiger partial charge in [0, 0.05) is 19.6 Å². The molecule has 0 spiro atoms. The second kappa shape index (κ2) is 6.75. The van der Waals surface area contributed by atoms with Crippen molar-refractivity contribution in [2.24, 2.45) is 5.73 Å². The molecule has 0 amide bonds. The van der Waals surface area contributed by atoms with E-state index < -0.39 is 0 Å². The Balaban J connectivity index is 1.65. The summed E-state index contributed by atoms with van der Waals surface area (Å²) in [5.74, 6) is 0.872. The predicted octanol–water partition coefficient (Wildman–Crippen LogP) is -0.119. The van der Waals surface area contributed by atoms with Crippen LogP contribution in [0.1, 0.15) is 11.4 Å². The lowest BCUT2D eigenvalue weighted by Crippen LogP contribution is -2.45. The van der Waals surface area contributed by atoms with Crippen LogP contribution in [0.5, 0.6) is 0 Å². The van der Waals surface area contributed by atoms with Crippen molar-refractivity contribution < 1.29 is 4.74 Å². The largest absolute Gasteiger partial charge is 0.374 e. The summed E-state index contributed by atoms with van der Waals surface area (Å²) in [6, 6.07) is 10.2. The predicted molar refractivity (Wildman–Crippen MR) is 77.4 cm³/mol. The molecule has 2 heterocycles. The molecule has 1 aromatic heterocycles. The Labute approximate surface area is 123 Å². The Bertz CT molecular complexity index is 558. The molecule has 0 aliphatic carbocycles. The standard InChI is InChI=1S/C14H20N6O/c15-8-13-10-19(6-7-21-13)11-14-16-17-18-20(14)9-12-4-2-1-3-5-12/h1-5,13H,6-11,15H2. The third-order valence-electron chi connectivity index (χ3n) is 3.63. The van der Waals surface area contributed by atoms with Gasteiger partial charge in [-0.2, -0.15) is 0 Å². The third kappa shape index (κ3) is 3.63. The van der Waals surface area contributed by atoms with Gasteiger partial charge in [-0.15, -0.1) is 5.10 Å². The minimum atomic E-state index is 0.109. The summed E-state index contributed by atoms with van der Waals surface area (Å²) in [6.07, 6.45) is 0.109. The average Bonchev–Trinajstić information content (AvgIpc) is 2.95. The van der Waals surface area contributed by atoms with Crippen LogP contribution in [0.15, 0.2) is 30.3 Å². The molecule has 1 aliphatic rings. The molecule has 7 heteroatoms. The fourth-order valence-electron chi connectivity index (χ4n) is 2.48. The molecule has 21 heavy (non-hydrogen) atoms.